The number of nitrogens with zero attached hydrogens (tertiary/aromatic N) is 2. The van der Waals surface area contributed by atoms with Gasteiger partial charge in [0.1, 0.15) is 4.21 Å². The fourth-order valence-electron chi connectivity index (χ4n) is 1.57. The van der Waals surface area contributed by atoms with Gasteiger partial charge in [0.2, 0.25) is 0 Å². The van der Waals surface area contributed by atoms with Gasteiger partial charge >= 0.3 is 5.69 Å². The average Bonchev–Trinajstić information content (AvgIpc) is 2.81. The maximum atomic E-state index is 12.1. The Morgan fingerprint density at radius 2 is 2.24 bits per heavy atom. The summed E-state index contributed by atoms with van der Waals surface area (Å²) in [6.07, 6.45) is 3.17. The Balaban J connectivity index is 2.21. The molecule has 0 saturated carbocycles. The summed E-state index contributed by atoms with van der Waals surface area (Å²) < 4.78 is 26.4. The van der Waals surface area contributed by atoms with Gasteiger partial charge in [-0.15, -0.1) is 0 Å². The third-order valence-corrected chi connectivity index (χ3v) is 5.61. The molecule has 0 aliphatic carbocycles. The lowest BCUT2D eigenvalue weighted by Crippen LogP contribution is -2.22. The molecule has 0 amide bonds. The van der Waals surface area contributed by atoms with E-state index < -0.39 is 20.6 Å². The van der Waals surface area contributed by atoms with Crippen molar-refractivity contribution in [2.24, 2.45) is 0 Å². The van der Waals surface area contributed by atoms with Gasteiger partial charge in [-0.05, 0) is 24.1 Å². The first-order chi connectivity index (χ1) is 9.81. The molecule has 3 N–H and O–H groups in total. The summed E-state index contributed by atoms with van der Waals surface area (Å²) in [5, 5.41) is 10.6. The summed E-state index contributed by atoms with van der Waals surface area (Å²) in [5.41, 5.74) is 6.66. The molecule has 0 spiro atoms. The zero-order chi connectivity index (χ0) is 15.6. The summed E-state index contributed by atoms with van der Waals surface area (Å²) in [6.45, 7) is 1.88. The highest BCUT2D eigenvalue weighted by atomic mass is 32.2. The van der Waals surface area contributed by atoms with E-state index in [4.69, 9.17) is 5.73 Å². The first-order valence-corrected chi connectivity index (χ1v) is 8.04. The highest BCUT2D eigenvalue weighted by Crippen LogP contribution is 2.34. The number of nitrogens with two attached hydrogens (primary N) is 1. The van der Waals surface area contributed by atoms with Crippen molar-refractivity contribution in [2.45, 2.75) is 17.7 Å². The van der Waals surface area contributed by atoms with Crippen LogP contribution in [-0.2, 0) is 16.6 Å². The van der Waals surface area contributed by atoms with Gasteiger partial charge in [-0.3, -0.25) is 15.1 Å². The molecule has 112 valence electrons. The molecule has 0 saturated heterocycles. The summed E-state index contributed by atoms with van der Waals surface area (Å²) in [7, 11) is -3.85. The summed E-state index contributed by atoms with van der Waals surface area (Å²) in [6, 6.07) is 2.72. The van der Waals surface area contributed by atoms with E-state index in [1.165, 1.54) is 0 Å². The van der Waals surface area contributed by atoms with Crippen molar-refractivity contribution >= 4 is 32.0 Å². The van der Waals surface area contributed by atoms with Crippen LogP contribution in [0, 0.1) is 17.0 Å². The molecule has 0 atom stereocenters. The lowest BCUT2D eigenvalue weighted by atomic mass is 10.2. The van der Waals surface area contributed by atoms with Crippen LogP contribution in [0.4, 0.5) is 10.7 Å². The summed E-state index contributed by atoms with van der Waals surface area (Å²) >= 11 is 0.659. The quantitative estimate of drug-likeness (QED) is 0.631. The van der Waals surface area contributed by atoms with Crippen molar-refractivity contribution < 1.29 is 13.3 Å². The zero-order valence-corrected chi connectivity index (χ0v) is 12.6. The number of anilines is 1. The van der Waals surface area contributed by atoms with E-state index in [9.17, 15) is 18.5 Å². The number of aromatic nitrogens is 1. The number of hydrogen-bond donors (Lipinski definition) is 2. The Kier molecular flexibility index (Phi) is 4.21. The molecular weight excluding hydrogens is 316 g/mol. The van der Waals surface area contributed by atoms with Crippen LogP contribution in [0.2, 0.25) is 0 Å². The fraction of sp³-hybridized carbons (Fsp3) is 0.182. The summed E-state index contributed by atoms with van der Waals surface area (Å²) in [4.78, 5) is 13.9. The molecule has 8 nitrogen and oxygen atoms in total. The largest absolute Gasteiger partial charge is 0.385 e. The van der Waals surface area contributed by atoms with Crippen LogP contribution in [0.1, 0.15) is 11.1 Å². The Labute approximate surface area is 124 Å². The molecule has 0 aliphatic rings. The number of thiophene rings is 1. The minimum atomic E-state index is -3.85. The van der Waals surface area contributed by atoms with E-state index in [-0.39, 0.29) is 15.8 Å². The van der Waals surface area contributed by atoms with Gasteiger partial charge < -0.3 is 5.73 Å². The second kappa shape index (κ2) is 5.76. The van der Waals surface area contributed by atoms with Crippen LogP contribution in [-0.4, -0.2) is 18.3 Å². The molecule has 0 radical (unpaired) electrons. The highest BCUT2D eigenvalue weighted by Gasteiger charge is 2.24. The third kappa shape index (κ3) is 3.35. The number of pyridine rings is 1. The van der Waals surface area contributed by atoms with E-state index >= 15 is 0 Å². The van der Waals surface area contributed by atoms with Crippen molar-refractivity contribution in [2.75, 3.05) is 5.73 Å². The monoisotopic (exact) mass is 328 g/mol. The van der Waals surface area contributed by atoms with Gasteiger partial charge in [0.15, 0.2) is 5.00 Å². The molecule has 0 bridgehead atoms. The molecule has 21 heavy (non-hydrogen) atoms. The van der Waals surface area contributed by atoms with E-state index in [0.717, 1.165) is 17.2 Å². The molecule has 0 fully saturated rings. The predicted molar refractivity (Wildman–Crippen MR) is 78.4 cm³/mol. The van der Waals surface area contributed by atoms with Crippen molar-refractivity contribution in [3.63, 3.8) is 0 Å². The van der Waals surface area contributed by atoms with Crippen LogP contribution in [0.5, 0.6) is 0 Å². The standard InChI is InChI=1S/C11H12N4O4S2/c1-7-2-3-13-5-8(7)6-14-21(18,19)10-4-9(15(16)17)11(12)20-10/h2-5,14H,6,12H2,1H3. The second-order valence-electron chi connectivity index (χ2n) is 4.20. The third-order valence-electron chi connectivity index (χ3n) is 2.78. The Hall–Kier alpha value is -2.04. The molecule has 2 aromatic heterocycles. The van der Waals surface area contributed by atoms with E-state index in [0.29, 0.717) is 11.3 Å². The number of rotatable bonds is 5. The first-order valence-electron chi connectivity index (χ1n) is 5.74. The van der Waals surface area contributed by atoms with Gasteiger partial charge in [0.05, 0.1) is 4.92 Å². The maximum absolute atomic E-state index is 12.1. The van der Waals surface area contributed by atoms with E-state index in [1.807, 2.05) is 6.92 Å². The normalized spacial score (nSPS) is 11.5. The Morgan fingerprint density at radius 3 is 2.81 bits per heavy atom. The van der Waals surface area contributed by atoms with Gasteiger partial charge in [-0.1, -0.05) is 11.3 Å². The topological polar surface area (TPSA) is 128 Å². The van der Waals surface area contributed by atoms with Crippen molar-refractivity contribution in [3.05, 3.63) is 45.8 Å². The maximum Gasteiger partial charge on any atom is 0.304 e. The van der Waals surface area contributed by atoms with Gasteiger partial charge in [-0.25, -0.2) is 13.1 Å². The van der Waals surface area contributed by atoms with Crippen molar-refractivity contribution in [3.8, 4) is 0 Å². The minimum Gasteiger partial charge on any atom is -0.385 e. The lowest BCUT2D eigenvalue weighted by Gasteiger charge is -2.06. The van der Waals surface area contributed by atoms with Crippen LogP contribution >= 0.6 is 11.3 Å². The molecule has 2 heterocycles. The first kappa shape index (κ1) is 15.4. The molecule has 2 rings (SSSR count). The number of nitro groups is 1. The Morgan fingerprint density at radius 1 is 1.52 bits per heavy atom. The molecule has 0 unspecified atom stereocenters. The number of hydrogen-bond acceptors (Lipinski definition) is 7. The van der Waals surface area contributed by atoms with Crippen LogP contribution in [0.25, 0.3) is 0 Å². The van der Waals surface area contributed by atoms with Gasteiger partial charge in [0.25, 0.3) is 10.0 Å². The predicted octanol–water partition coefficient (Wildman–Crippen LogP) is 1.42. The lowest BCUT2D eigenvalue weighted by molar-refractivity contribution is -0.383. The van der Waals surface area contributed by atoms with Gasteiger partial charge in [-0.2, -0.15) is 0 Å². The molecule has 2 aromatic rings. The average molecular weight is 328 g/mol. The molecule has 0 aliphatic heterocycles. The number of aryl methyl sites for hydroxylation is 1. The smallest absolute Gasteiger partial charge is 0.304 e. The van der Waals surface area contributed by atoms with Crippen LogP contribution in [0.15, 0.2) is 28.7 Å². The second-order valence-corrected chi connectivity index (χ2v) is 7.28. The molecule has 10 heteroatoms. The SMILES string of the molecule is Cc1ccncc1CNS(=O)(=O)c1cc([N+](=O)[O-])c(N)s1. The number of nitrogens with one attached hydrogen (secondary N) is 1. The highest BCUT2D eigenvalue weighted by molar-refractivity contribution is 7.91. The minimum absolute atomic E-state index is 0.0492. The van der Waals surface area contributed by atoms with Crippen molar-refractivity contribution in [1.82, 2.24) is 9.71 Å². The van der Waals surface area contributed by atoms with E-state index in [1.54, 1.807) is 18.5 Å². The zero-order valence-electron chi connectivity index (χ0n) is 10.9. The van der Waals surface area contributed by atoms with E-state index in [2.05, 4.69) is 9.71 Å². The number of sulfonamides is 1. The molecular formula is C11H12N4O4S2. The fourth-order valence-corrected chi connectivity index (χ4v) is 3.84. The van der Waals surface area contributed by atoms with Crippen molar-refractivity contribution in [1.29, 1.82) is 0 Å². The Bertz CT molecular complexity index is 785. The van der Waals surface area contributed by atoms with Crippen LogP contribution in [0.3, 0.4) is 0 Å². The van der Waals surface area contributed by atoms with Gasteiger partial charge in [0, 0.05) is 25.0 Å². The number of nitrogen functional groups attached to an aromatic ring is 1. The summed E-state index contributed by atoms with van der Waals surface area (Å²) in [5.74, 6) is 0. The molecule has 0 aromatic carbocycles. The van der Waals surface area contributed by atoms with Crippen LogP contribution < -0.4 is 10.5 Å².